The minimum Gasteiger partial charge on any atom is -0.456 e. The summed E-state index contributed by atoms with van der Waals surface area (Å²) in [6.45, 7) is 2.25. The summed E-state index contributed by atoms with van der Waals surface area (Å²) in [5, 5.41) is 2.67. The number of hydrogen-bond acceptors (Lipinski definition) is 4. The molecule has 5 heteroatoms. The Balaban J connectivity index is 2.11. The highest BCUT2D eigenvalue weighted by Gasteiger charge is 2.11. The number of aromatic nitrogens is 1. The van der Waals surface area contributed by atoms with Gasteiger partial charge in [0.05, 0.1) is 6.54 Å². The van der Waals surface area contributed by atoms with E-state index >= 15 is 0 Å². The highest BCUT2D eigenvalue weighted by molar-refractivity contribution is 6.01. The second-order valence-electron chi connectivity index (χ2n) is 4.01. The lowest BCUT2D eigenvalue weighted by molar-refractivity contribution is 0.0994. The molecular formula is C15H15N3O2. The lowest BCUT2D eigenvalue weighted by atomic mass is 10.2. The highest BCUT2D eigenvalue weighted by atomic mass is 16.3. The molecule has 0 aromatic carbocycles. The summed E-state index contributed by atoms with van der Waals surface area (Å²) >= 11 is 0. The van der Waals surface area contributed by atoms with Gasteiger partial charge < -0.3 is 15.5 Å². The number of aryl methyl sites for hydroxylation is 1. The third-order valence-corrected chi connectivity index (χ3v) is 2.57. The first kappa shape index (κ1) is 13.8. The summed E-state index contributed by atoms with van der Waals surface area (Å²) in [6.07, 6.45) is 2.32. The third kappa shape index (κ3) is 3.46. The predicted molar refractivity (Wildman–Crippen MR) is 76.2 cm³/mol. The van der Waals surface area contributed by atoms with Gasteiger partial charge in [-0.1, -0.05) is 18.8 Å². The summed E-state index contributed by atoms with van der Waals surface area (Å²) in [4.78, 5) is 16.0. The Morgan fingerprint density at radius 1 is 1.45 bits per heavy atom. The van der Waals surface area contributed by atoms with Gasteiger partial charge in [0.15, 0.2) is 5.76 Å². The number of rotatable bonds is 3. The van der Waals surface area contributed by atoms with Crippen molar-refractivity contribution in [1.82, 2.24) is 4.98 Å². The summed E-state index contributed by atoms with van der Waals surface area (Å²) in [5.41, 5.74) is 6.06. The normalized spacial score (nSPS) is 9.70. The predicted octanol–water partition coefficient (Wildman–Crippen LogP) is 1.80. The van der Waals surface area contributed by atoms with E-state index in [0.717, 1.165) is 17.7 Å². The fraction of sp³-hybridized carbons (Fsp3) is 0.200. The standard InChI is InChI=1S/C15H15N3O2/c1-2-12-5-6-13(20-12)15(19)18-14-10-11(4-3-8-16)7-9-17-14/h5-7,9-10H,2,8,16H2,1H3,(H,17,18,19). The molecule has 0 radical (unpaired) electrons. The van der Waals surface area contributed by atoms with E-state index < -0.39 is 0 Å². The molecule has 1 amide bonds. The average Bonchev–Trinajstić information content (AvgIpc) is 2.94. The van der Waals surface area contributed by atoms with Crippen molar-refractivity contribution in [1.29, 1.82) is 0 Å². The van der Waals surface area contributed by atoms with Crippen molar-refractivity contribution < 1.29 is 9.21 Å². The molecule has 3 N–H and O–H groups in total. The van der Waals surface area contributed by atoms with Crippen molar-refractivity contribution in [3.05, 3.63) is 47.5 Å². The van der Waals surface area contributed by atoms with E-state index in [0.29, 0.717) is 5.82 Å². The maximum atomic E-state index is 12.0. The van der Waals surface area contributed by atoms with Gasteiger partial charge in [0.1, 0.15) is 11.6 Å². The summed E-state index contributed by atoms with van der Waals surface area (Å²) in [7, 11) is 0. The topological polar surface area (TPSA) is 81.2 Å². The van der Waals surface area contributed by atoms with Crippen LogP contribution in [0.3, 0.4) is 0 Å². The van der Waals surface area contributed by atoms with Gasteiger partial charge in [0.2, 0.25) is 0 Å². The van der Waals surface area contributed by atoms with Crippen molar-refractivity contribution in [2.24, 2.45) is 5.73 Å². The molecule has 0 unspecified atom stereocenters. The largest absolute Gasteiger partial charge is 0.456 e. The second-order valence-corrected chi connectivity index (χ2v) is 4.01. The van der Waals surface area contributed by atoms with Crippen molar-refractivity contribution in [2.75, 3.05) is 11.9 Å². The smallest absolute Gasteiger partial charge is 0.292 e. The van der Waals surface area contributed by atoms with Crippen molar-refractivity contribution in [2.45, 2.75) is 13.3 Å². The van der Waals surface area contributed by atoms with E-state index in [9.17, 15) is 4.79 Å². The molecule has 0 aliphatic carbocycles. The zero-order valence-corrected chi connectivity index (χ0v) is 11.1. The number of carbonyl (C=O) groups is 1. The Bertz CT molecular complexity index is 665. The van der Waals surface area contributed by atoms with Gasteiger partial charge in [-0.3, -0.25) is 4.79 Å². The fourth-order valence-corrected chi connectivity index (χ4v) is 1.60. The first-order chi connectivity index (χ1) is 9.72. The molecule has 0 spiro atoms. The molecule has 2 aromatic rings. The third-order valence-electron chi connectivity index (χ3n) is 2.57. The Morgan fingerprint density at radius 3 is 3.00 bits per heavy atom. The first-order valence-electron chi connectivity index (χ1n) is 6.28. The van der Waals surface area contributed by atoms with Crippen molar-refractivity contribution >= 4 is 11.7 Å². The fourth-order valence-electron chi connectivity index (χ4n) is 1.60. The Morgan fingerprint density at radius 2 is 2.30 bits per heavy atom. The van der Waals surface area contributed by atoms with Crippen LogP contribution < -0.4 is 11.1 Å². The monoisotopic (exact) mass is 269 g/mol. The maximum Gasteiger partial charge on any atom is 0.292 e. The molecule has 0 aliphatic heterocycles. The molecule has 2 aromatic heterocycles. The molecular weight excluding hydrogens is 254 g/mol. The van der Waals surface area contributed by atoms with Crippen LogP contribution in [0.2, 0.25) is 0 Å². The van der Waals surface area contributed by atoms with E-state index in [-0.39, 0.29) is 18.2 Å². The number of nitrogens with zero attached hydrogens (tertiary/aromatic N) is 1. The zero-order chi connectivity index (χ0) is 14.4. The van der Waals surface area contributed by atoms with Crippen molar-refractivity contribution in [3.8, 4) is 11.8 Å². The minimum atomic E-state index is -0.332. The van der Waals surface area contributed by atoms with Crippen LogP contribution in [0.25, 0.3) is 0 Å². The van der Waals surface area contributed by atoms with Crippen LogP contribution >= 0.6 is 0 Å². The lowest BCUT2D eigenvalue weighted by Gasteiger charge is -2.02. The van der Waals surface area contributed by atoms with Gasteiger partial charge in [-0.25, -0.2) is 4.98 Å². The number of hydrogen-bond donors (Lipinski definition) is 2. The molecule has 0 bridgehead atoms. The average molecular weight is 269 g/mol. The molecule has 0 fully saturated rings. The molecule has 0 saturated heterocycles. The van der Waals surface area contributed by atoms with Gasteiger partial charge in [-0.15, -0.1) is 0 Å². The number of nitrogens with one attached hydrogen (secondary N) is 1. The number of pyridine rings is 1. The molecule has 20 heavy (non-hydrogen) atoms. The second kappa shape index (κ2) is 6.55. The Labute approximate surface area is 117 Å². The number of amides is 1. The quantitative estimate of drug-likeness (QED) is 0.832. The van der Waals surface area contributed by atoms with E-state index in [1.807, 2.05) is 6.92 Å². The number of carbonyl (C=O) groups excluding carboxylic acids is 1. The van der Waals surface area contributed by atoms with E-state index in [2.05, 4.69) is 22.1 Å². The molecule has 0 aliphatic rings. The van der Waals surface area contributed by atoms with Crippen molar-refractivity contribution in [3.63, 3.8) is 0 Å². The van der Waals surface area contributed by atoms with Gasteiger partial charge >= 0.3 is 0 Å². The van der Waals surface area contributed by atoms with E-state index in [1.165, 1.54) is 0 Å². The first-order valence-corrected chi connectivity index (χ1v) is 6.28. The maximum absolute atomic E-state index is 12.0. The Kier molecular flexibility index (Phi) is 4.53. The number of furan rings is 1. The molecule has 0 atom stereocenters. The lowest BCUT2D eigenvalue weighted by Crippen LogP contribution is -2.12. The van der Waals surface area contributed by atoms with Gasteiger partial charge in [-0.2, -0.15) is 0 Å². The van der Waals surface area contributed by atoms with Crippen LogP contribution in [0.1, 0.15) is 28.8 Å². The van der Waals surface area contributed by atoms with Crippen LogP contribution in [-0.4, -0.2) is 17.4 Å². The molecule has 102 valence electrons. The van der Waals surface area contributed by atoms with Crippen LogP contribution in [0.15, 0.2) is 34.9 Å². The minimum absolute atomic E-state index is 0.266. The molecule has 2 rings (SSSR count). The van der Waals surface area contributed by atoms with Gasteiger partial charge in [-0.05, 0) is 24.3 Å². The van der Waals surface area contributed by atoms with Crippen LogP contribution in [0, 0.1) is 11.8 Å². The van der Waals surface area contributed by atoms with Gasteiger partial charge in [0, 0.05) is 18.2 Å². The highest BCUT2D eigenvalue weighted by Crippen LogP contribution is 2.12. The van der Waals surface area contributed by atoms with E-state index in [1.54, 1.807) is 30.5 Å². The van der Waals surface area contributed by atoms with E-state index in [4.69, 9.17) is 10.2 Å². The van der Waals surface area contributed by atoms with Crippen LogP contribution in [0.4, 0.5) is 5.82 Å². The molecule has 5 nitrogen and oxygen atoms in total. The number of anilines is 1. The molecule has 0 saturated carbocycles. The SMILES string of the molecule is CCc1ccc(C(=O)Nc2cc(C#CCN)ccn2)o1. The zero-order valence-electron chi connectivity index (χ0n) is 11.1. The number of nitrogens with two attached hydrogens (primary N) is 1. The van der Waals surface area contributed by atoms with Gasteiger partial charge in [0.25, 0.3) is 5.91 Å². The van der Waals surface area contributed by atoms with Crippen LogP contribution in [0.5, 0.6) is 0 Å². The summed E-state index contributed by atoms with van der Waals surface area (Å²) in [5.74, 6) is 6.75. The molecule has 2 heterocycles. The summed E-state index contributed by atoms with van der Waals surface area (Å²) < 4.78 is 5.38. The summed E-state index contributed by atoms with van der Waals surface area (Å²) in [6, 6.07) is 6.86. The Hall–Kier alpha value is -2.58. The van der Waals surface area contributed by atoms with Crippen LogP contribution in [-0.2, 0) is 6.42 Å².